The van der Waals surface area contributed by atoms with Crippen LogP contribution in [0.5, 0.6) is 5.75 Å². The molecule has 0 bridgehead atoms. The molecule has 3 rings (SSSR count). The number of aromatic nitrogens is 2. The first kappa shape index (κ1) is 17.9. The van der Waals surface area contributed by atoms with Gasteiger partial charge in [-0.3, -0.25) is 4.79 Å². The van der Waals surface area contributed by atoms with Gasteiger partial charge in [-0.05, 0) is 30.3 Å². The van der Waals surface area contributed by atoms with E-state index in [1.165, 1.54) is 12.1 Å². The molecule has 134 valence electrons. The number of ether oxygens (including phenoxy) is 1. The molecule has 26 heavy (non-hydrogen) atoms. The molecule has 0 radical (unpaired) electrons. The number of para-hydroxylation sites is 1. The summed E-state index contributed by atoms with van der Waals surface area (Å²) in [5.41, 5.74) is 1.51. The van der Waals surface area contributed by atoms with Gasteiger partial charge >= 0.3 is 0 Å². The number of rotatable bonds is 7. The molecule has 0 unspecified atom stereocenters. The van der Waals surface area contributed by atoms with Crippen LogP contribution in [-0.4, -0.2) is 29.0 Å². The lowest BCUT2D eigenvalue weighted by molar-refractivity contribution is -0.118. The zero-order valence-electron chi connectivity index (χ0n) is 13.9. The van der Waals surface area contributed by atoms with Crippen LogP contribution in [0.1, 0.15) is 5.56 Å². The third kappa shape index (κ3) is 4.60. The Bertz CT molecular complexity index is 883. The number of hydrogen-bond donors (Lipinski definition) is 1. The first-order valence-corrected chi connectivity index (χ1v) is 8.75. The molecule has 0 saturated heterocycles. The highest BCUT2D eigenvalue weighted by atomic mass is 32.2. The summed E-state index contributed by atoms with van der Waals surface area (Å²) in [6, 6.07) is 13.2. The molecular weight excluding hydrogens is 357 g/mol. The van der Waals surface area contributed by atoms with Gasteiger partial charge in [0, 0.05) is 17.7 Å². The molecule has 0 aliphatic heterocycles. The molecule has 1 N–H and O–H groups in total. The van der Waals surface area contributed by atoms with Crippen LogP contribution in [0.4, 0.5) is 4.39 Å². The standard InChI is InChI=1S/C18H16FN3O3S/c1-24-15-5-3-2-4-13(15)10-20-16(23)11-26-18-22-21-17(25-18)12-6-8-14(19)9-7-12/h2-9H,10-11H2,1H3,(H,20,23). The molecule has 0 aliphatic carbocycles. The summed E-state index contributed by atoms with van der Waals surface area (Å²) in [6.07, 6.45) is 0. The van der Waals surface area contributed by atoms with Crippen LogP contribution in [0, 0.1) is 5.82 Å². The summed E-state index contributed by atoms with van der Waals surface area (Å²) in [5.74, 6) is 0.639. The van der Waals surface area contributed by atoms with E-state index in [0.29, 0.717) is 12.1 Å². The maximum Gasteiger partial charge on any atom is 0.277 e. The van der Waals surface area contributed by atoms with E-state index < -0.39 is 0 Å². The van der Waals surface area contributed by atoms with E-state index in [-0.39, 0.29) is 28.6 Å². The molecule has 0 fully saturated rings. The number of nitrogens with one attached hydrogen (secondary N) is 1. The zero-order valence-corrected chi connectivity index (χ0v) is 14.8. The summed E-state index contributed by atoms with van der Waals surface area (Å²) in [4.78, 5) is 12.0. The van der Waals surface area contributed by atoms with E-state index in [4.69, 9.17) is 9.15 Å². The van der Waals surface area contributed by atoms with Gasteiger partial charge in [0.05, 0.1) is 12.9 Å². The van der Waals surface area contributed by atoms with Crippen LogP contribution < -0.4 is 10.1 Å². The molecule has 0 saturated carbocycles. The average Bonchev–Trinajstić information content (AvgIpc) is 3.14. The van der Waals surface area contributed by atoms with Crippen LogP contribution in [0.15, 0.2) is 58.2 Å². The Morgan fingerprint density at radius 3 is 2.73 bits per heavy atom. The van der Waals surface area contributed by atoms with Crippen LogP contribution in [0.25, 0.3) is 11.5 Å². The second kappa shape index (κ2) is 8.48. The third-order valence-corrected chi connectivity index (χ3v) is 4.31. The smallest absolute Gasteiger partial charge is 0.277 e. The monoisotopic (exact) mass is 373 g/mol. The van der Waals surface area contributed by atoms with E-state index in [2.05, 4.69) is 15.5 Å². The Labute approximate surface area is 153 Å². The van der Waals surface area contributed by atoms with Gasteiger partial charge in [-0.15, -0.1) is 10.2 Å². The number of halogens is 1. The number of thioether (sulfide) groups is 1. The van der Waals surface area contributed by atoms with E-state index in [9.17, 15) is 9.18 Å². The minimum atomic E-state index is -0.338. The van der Waals surface area contributed by atoms with Crippen molar-refractivity contribution in [2.75, 3.05) is 12.9 Å². The predicted molar refractivity (Wildman–Crippen MR) is 95.3 cm³/mol. The summed E-state index contributed by atoms with van der Waals surface area (Å²) in [5, 5.41) is 10.9. The van der Waals surface area contributed by atoms with E-state index in [1.54, 1.807) is 19.2 Å². The maximum atomic E-state index is 12.9. The van der Waals surface area contributed by atoms with Crippen LogP contribution in [0.3, 0.4) is 0 Å². The number of carbonyl (C=O) groups is 1. The van der Waals surface area contributed by atoms with Gasteiger partial charge in [0.2, 0.25) is 11.8 Å². The molecule has 0 spiro atoms. The molecule has 1 heterocycles. The summed E-state index contributed by atoms with van der Waals surface area (Å²) >= 11 is 1.13. The van der Waals surface area contributed by atoms with Gasteiger partial charge < -0.3 is 14.5 Å². The SMILES string of the molecule is COc1ccccc1CNC(=O)CSc1nnc(-c2ccc(F)cc2)o1. The quantitative estimate of drug-likeness (QED) is 0.641. The van der Waals surface area contributed by atoms with Crippen molar-refractivity contribution in [3.05, 3.63) is 59.9 Å². The maximum absolute atomic E-state index is 12.9. The number of methoxy groups -OCH3 is 1. The van der Waals surface area contributed by atoms with Gasteiger partial charge in [-0.1, -0.05) is 30.0 Å². The first-order valence-electron chi connectivity index (χ1n) is 7.76. The fourth-order valence-corrected chi connectivity index (χ4v) is 2.79. The van der Waals surface area contributed by atoms with E-state index in [0.717, 1.165) is 23.1 Å². The van der Waals surface area contributed by atoms with Crippen molar-refractivity contribution in [3.8, 4) is 17.2 Å². The first-order chi connectivity index (χ1) is 12.7. The Morgan fingerprint density at radius 1 is 1.19 bits per heavy atom. The van der Waals surface area contributed by atoms with Crippen LogP contribution in [-0.2, 0) is 11.3 Å². The lowest BCUT2D eigenvalue weighted by Crippen LogP contribution is -2.24. The Balaban J connectivity index is 1.51. The van der Waals surface area contributed by atoms with Crippen molar-refractivity contribution in [1.29, 1.82) is 0 Å². The number of carbonyl (C=O) groups excluding carboxylic acids is 1. The van der Waals surface area contributed by atoms with Crippen molar-refractivity contribution in [3.63, 3.8) is 0 Å². The van der Waals surface area contributed by atoms with Gasteiger partial charge in [-0.2, -0.15) is 0 Å². The Morgan fingerprint density at radius 2 is 1.96 bits per heavy atom. The number of benzene rings is 2. The summed E-state index contributed by atoms with van der Waals surface area (Å²) < 4.78 is 23.7. The molecule has 3 aromatic rings. The minimum Gasteiger partial charge on any atom is -0.496 e. The molecule has 1 aromatic heterocycles. The normalized spacial score (nSPS) is 10.5. The lowest BCUT2D eigenvalue weighted by Gasteiger charge is -2.08. The largest absolute Gasteiger partial charge is 0.496 e. The van der Waals surface area contributed by atoms with Crippen molar-refractivity contribution in [1.82, 2.24) is 15.5 Å². The molecule has 2 aromatic carbocycles. The highest BCUT2D eigenvalue weighted by molar-refractivity contribution is 7.99. The lowest BCUT2D eigenvalue weighted by atomic mass is 10.2. The number of amides is 1. The van der Waals surface area contributed by atoms with E-state index in [1.807, 2.05) is 24.3 Å². The molecule has 1 amide bonds. The zero-order chi connectivity index (χ0) is 18.4. The van der Waals surface area contributed by atoms with Crippen LogP contribution in [0.2, 0.25) is 0 Å². The molecule has 8 heteroatoms. The molecule has 0 aliphatic rings. The number of nitrogens with zero attached hydrogens (tertiary/aromatic N) is 2. The average molecular weight is 373 g/mol. The molecular formula is C18H16FN3O3S. The topological polar surface area (TPSA) is 77.2 Å². The second-order valence-corrected chi connectivity index (χ2v) is 6.18. The van der Waals surface area contributed by atoms with Gasteiger partial charge in [-0.25, -0.2) is 4.39 Å². The fraction of sp³-hybridized carbons (Fsp3) is 0.167. The summed E-state index contributed by atoms with van der Waals surface area (Å²) in [7, 11) is 1.59. The Kier molecular flexibility index (Phi) is 5.85. The van der Waals surface area contributed by atoms with E-state index >= 15 is 0 Å². The van der Waals surface area contributed by atoms with Crippen molar-refractivity contribution in [2.45, 2.75) is 11.8 Å². The van der Waals surface area contributed by atoms with Gasteiger partial charge in [0.25, 0.3) is 5.22 Å². The Hall–Kier alpha value is -2.87. The van der Waals surface area contributed by atoms with Gasteiger partial charge in [0.15, 0.2) is 0 Å². The highest BCUT2D eigenvalue weighted by Gasteiger charge is 2.12. The van der Waals surface area contributed by atoms with Crippen molar-refractivity contribution in [2.24, 2.45) is 0 Å². The van der Waals surface area contributed by atoms with Crippen LogP contribution >= 0.6 is 11.8 Å². The number of hydrogen-bond acceptors (Lipinski definition) is 6. The molecule has 6 nitrogen and oxygen atoms in total. The summed E-state index contributed by atoms with van der Waals surface area (Å²) in [6.45, 7) is 0.369. The fourth-order valence-electron chi connectivity index (χ4n) is 2.20. The highest BCUT2D eigenvalue weighted by Crippen LogP contribution is 2.23. The predicted octanol–water partition coefficient (Wildman–Crippen LogP) is 3.29. The molecule has 0 atom stereocenters. The van der Waals surface area contributed by atoms with Crippen molar-refractivity contribution < 1.29 is 18.3 Å². The van der Waals surface area contributed by atoms with Gasteiger partial charge in [0.1, 0.15) is 11.6 Å². The van der Waals surface area contributed by atoms with Crippen molar-refractivity contribution >= 4 is 17.7 Å². The third-order valence-electron chi connectivity index (χ3n) is 3.49. The second-order valence-electron chi connectivity index (χ2n) is 5.26. The minimum absolute atomic E-state index is 0.139.